The summed E-state index contributed by atoms with van der Waals surface area (Å²) < 4.78 is 0. The van der Waals surface area contributed by atoms with Crippen LogP contribution in [-0.2, 0) is 13.1 Å². The van der Waals surface area contributed by atoms with Gasteiger partial charge in [-0.15, -0.1) is 24.0 Å². The van der Waals surface area contributed by atoms with Crippen molar-refractivity contribution < 1.29 is 0 Å². The zero-order chi connectivity index (χ0) is 21.2. The molecule has 6 nitrogen and oxygen atoms in total. The Balaban J connectivity index is 0.00000341. The van der Waals surface area contributed by atoms with Gasteiger partial charge in [0.25, 0.3) is 0 Å². The van der Waals surface area contributed by atoms with Gasteiger partial charge in [0.05, 0.1) is 6.54 Å². The molecule has 0 radical (unpaired) electrons. The fourth-order valence-electron chi connectivity index (χ4n) is 4.54. The number of hydrogen-bond acceptors (Lipinski definition) is 4. The van der Waals surface area contributed by atoms with Gasteiger partial charge < -0.3 is 15.5 Å². The number of nitrogens with one attached hydrogen (secondary N) is 2. The minimum atomic E-state index is 0. The number of piperazine rings is 1. The number of likely N-dealkylation sites (N-methyl/N-ethyl adjacent to an activating group) is 2. The van der Waals surface area contributed by atoms with Crippen LogP contribution in [0.4, 0.5) is 0 Å². The van der Waals surface area contributed by atoms with Crippen LogP contribution in [0, 0.1) is 0 Å². The highest BCUT2D eigenvalue weighted by Gasteiger charge is 2.22. The van der Waals surface area contributed by atoms with E-state index >= 15 is 0 Å². The van der Waals surface area contributed by atoms with Crippen molar-refractivity contribution in [1.82, 2.24) is 25.3 Å². The average molecular weight is 543 g/mol. The van der Waals surface area contributed by atoms with Crippen molar-refractivity contribution in [3.63, 3.8) is 0 Å². The molecule has 1 atom stereocenters. The number of hydrogen-bond donors (Lipinski definition) is 2. The topological polar surface area (TPSA) is 46.1 Å². The molecule has 0 spiro atoms. The molecule has 0 bridgehead atoms. The van der Waals surface area contributed by atoms with Gasteiger partial charge >= 0.3 is 0 Å². The number of nitrogens with zero attached hydrogens (tertiary/aromatic N) is 4. The molecule has 2 fully saturated rings. The van der Waals surface area contributed by atoms with E-state index in [1.54, 1.807) is 0 Å². The predicted molar refractivity (Wildman–Crippen MR) is 142 cm³/mol. The minimum absolute atomic E-state index is 0. The van der Waals surface area contributed by atoms with E-state index < -0.39 is 0 Å². The van der Waals surface area contributed by atoms with Gasteiger partial charge in [-0.3, -0.25) is 9.80 Å². The van der Waals surface area contributed by atoms with E-state index in [1.807, 2.05) is 0 Å². The molecule has 7 heteroatoms. The van der Waals surface area contributed by atoms with E-state index in [0.29, 0.717) is 12.6 Å². The molecule has 0 aliphatic carbocycles. The fourth-order valence-corrected chi connectivity index (χ4v) is 4.54. The van der Waals surface area contributed by atoms with Crippen LogP contribution in [0.3, 0.4) is 0 Å². The molecule has 1 aromatic carbocycles. The van der Waals surface area contributed by atoms with Gasteiger partial charge in [-0.05, 0) is 50.5 Å². The second-order valence-corrected chi connectivity index (χ2v) is 8.53. The van der Waals surface area contributed by atoms with Crippen LogP contribution in [0.15, 0.2) is 29.3 Å². The highest BCUT2D eigenvalue weighted by atomic mass is 127. The Morgan fingerprint density at radius 3 is 2.23 bits per heavy atom. The van der Waals surface area contributed by atoms with Gasteiger partial charge in [0.1, 0.15) is 0 Å². The molecular weight excluding hydrogens is 499 g/mol. The largest absolute Gasteiger partial charge is 0.357 e. The van der Waals surface area contributed by atoms with Crippen LogP contribution in [0.25, 0.3) is 0 Å². The van der Waals surface area contributed by atoms with Crippen LogP contribution in [0.5, 0.6) is 0 Å². The summed E-state index contributed by atoms with van der Waals surface area (Å²) in [6.45, 7) is 18.6. The summed E-state index contributed by atoms with van der Waals surface area (Å²) >= 11 is 0. The highest BCUT2D eigenvalue weighted by molar-refractivity contribution is 14.0. The molecule has 0 aromatic heterocycles. The number of benzene rings is 1. The Morgan fingerprint density at radius 2 is 1.58 bits per heavy atom. The predicted octanol–water partition coefficient (Wildman–Crippen LogP) is 2.98. The Bertz CT molecular complexity index is 642. The molecule has 1 aromatic rings. The lowest BCUT2D eigenvalue weighted by Crippen LogP contribution is -2.45. The smallest absolute Gasteiger partial charge is 0.191 e. The SMILES string of the molecule is CCNC(=NCc1ccc(CN2CCN(CC)CC2)cc1)NCC1CCCN1CC.I. The van der Waals surface area contributed by atoms with Crippen molar-refractivity contribution in [3.05, 3.63) is 35.4 Å². The maximum absolute atomic E-state index is 4.82. The number of guanidine groups is 1. The molecule has 2 aliphatic heterocycles. The van der Waals surface area contributed by atoms with Crippen molar-refractivity contribution in [1.29, 1.82) is 0 Å². The van der Waals surface area contributed by atoms with Gasteiger partial charge in [0.15, 0.2) is 5.96 Å². The number of aliphatic imine (C=N–C) groups is 1. The fraction of sp³-hybridized carbons (Fsp3) is 0.708. The Labute approximate surface area is 206 Å². The van der Waals surface area contributed by atoms with Gasteiger partial charge in [-0.2, -0.15) is 0 Å². The summed E-state index contributed by atoms with van der Waals surface area (Å²) in [7, 11) is 0. The average Bonchev–Trinajstić information content (AvgIpc) is 3.25. The molecule has 2 saturated heterocycles. The number of halogens is 1. The first kappa shape index (κ1) is 26.4. The monoisotopic (exact) mass is 542 g/mol. The van der Waals surface area contributed by atoms with Crippen molar-refractivity contribution >= 4 is 29.9 Å². The first-order valence-electron chi connectivity index (χ1n) is 12.0. The maximum Gasteiger partial charge on any atom is 0.191 e. The van der Waals surface area contributed by atoms with Crippen molar-refractivity contribution in [2.45, 2.75) is 52.7 Å². The molecule has 0 saturated carbocycles. The van der Waals surface area contributed by atoms with Gasteiger partial charge in [-0.1, -0.05) is 38.1 Å². The summed E-state index contributed by atoms with van der Waals surface area (Å²) in [6.07, 6.45) is 2.60. The van der Waals surface area contributed by atoms with Crippen LogP contribution in [-0.4, -0.2) is 85.6 Å². The lowest BCUT2D eigenvalue weighted by Gasteiger charge is -2.34. The summed E-state index contributed by atoms with van der Waals surface area (Å²) in [4.78, 5) is 12.5. The molecule has 31 heavy (non-hydrogen) atoms. The lowest BCUT2D eigenvalue weighted by atomic mass is 10.1. The molecule has 3 rings (SSSR count). The van der Waals surface area contributed by atoms with Gasteiger partial charge in [-0.25, -0.2) is 4.99 Å². The quantitative estimate of drug-likeness (QED) is 0.286. The molecule has 2 N–H and O–H groups in total. The molecule has 2 heterocycles. The first-order chi connectivity index (χ1) is 14.7. The number of likely N-dealkylation sites (tertiary alicyclic amines) is 1. The van der Waals surface area contributed by atoms with E-state index in [2.05, 4.69) is 70.4 Å². The van der Waals surface area contributed by atoms with Crippen molar-refractivity contribution in [2.75, 3.05) is 58.9 Å². The van der Waals surface area contributed by atoms with E-state index in [-0.39, 0.29) is 24.0 Å². The van der Waals surface area contributed by atoms with Crippen LogP contribution >= 0.6 is 24.0 Å². The number of rotatable bonds is 9. The zero-order valence-corrected chi connectivity index (χ0v) is 22.1. The van der Waals surface area contributed by atoms with Crippen molar-refractivity contribution in [2.24, 2.45) is 4.99 Å². The molecule has 176 valence electrons. The Kier molecular flexibility index (Phi) is 12.1. The van der Waals surface area contributed by atoms with E-state index in [1.165, 1.54) is 63.2 Å². The lowest BCUT2D eigenvalue weighted by molar-refractivity contribution is 0.132. The van der Waals surface area contributed by atoms with Crippen LogP contribution in [0.1, 0.15) is 44.7 Å². The first-order valence-corrected chi connectivity index (χ1v) is 12.0. The van der Waals surface area contributed by atoms with Gasteiger partial charge in [0.2, 0.25) is 0 Å². The molecule has 0 amide bonds. The minimum Gasteiger partial charge on any atom is -0.357 e. The third-order valence-electron chi connectivity index (χ3n) is 6.52. The highest BCUT2D eigenvalue weighted by Crippen LogP contribution is 2.15. The zero-order valence-electron chi connectivity index (χ0n) is 19.8. The van der Waals surface area contributed by atoms with E-state index in [9.17, 15) is 0 Å². The van der Waals surface area contributed by atoms with E-state index in [4.69, 9.17) is 4.99 Å². The Morgan fingerprint density at radius 1 is 0.903 bits per heavy atom. The molecule has 2 aliphatic rings. The summed E-state index contributed by atoms with van der Waals surface area (Å²) in [5, 5.41) is 6.95. The molecule has 1 unspecified atom stereocenters. The van der Waals surface area contributed by atoms with Crippen LogP contribution < -0.4 is 10.6 Å². The van der Waals surface area contributed by atoms with Crippen LogP contribution in [0.2, 0.25) is 0 Å². The second kappa shape index (κ2) is 14.3. The summed E-state index contributed by atoms with van der Waals surface area (Å²) in [5.41, 5.74) is 2.67. The van der Waals surface area contributed by atoms with Gasteiger partial charge in [0, 0.05) is 51.9 Å². The summed E-state index contributed by atoms with van der Waals surface area (Å²) in [6, 6.07) is 9.66. The third-order valence-corrected chi connectivity index (χ3v) is 6.52. The second-order valence-electron chi connectivity index (χ2n) is 8.53. The Hall–Kier alpha value is -0.900. The van der Waals surface area contributed by atoms with Crippen molar-refractivity contribution in [3.8, 4) is 0 Å². The third kappa shape index (κ3) is 8.51. The normalized spacial score (nSPS) is 21.1. The summed E-state index contributed by atoms with van der Waals surface area (Å²) in [5.74, 6) is 0.929. The van der Waals surface area contributed by atoms with E-state index in [0.717, 1.165) is 32.1 Å². The standard InChI is InChI=1S/C24H42N6.HI/c1-4-25-24(27-19-23-8-7-13-30(23)6-3)26-18-21-9-11-22(12-10-21)20-29-16-14-28(5-2)15-17-29;/h9-12,23H,4-8,13-20H2,1-3H3,(H2,25,26,27);1H. The molecular formula is C24H43IN6. The maximum atomic E-state index is 4.82.